The fraction of sp³-hybridized carbons (Fsp3) is 0.909. The number of nitrogens with one attached hydrogen (secondary N) is 1. The molecule has 0 bridgehead atoms. The van der Waals surface area contributed by atoms with Crippen molar-refractivity contribution in [1.29, 1.82) is 0 Å². The first kappa shape index (κ1) is 9.97. The molecule has 1 amide bonds. The second-order valence-corrected chi connectivity index (χ2v) is 4.63. The lowest BCUT2D eigenvalue weighted by Gasteiger charge is -2.24. The monoisotopic (exact) mass is 196 g/mol. The first-order chi connectivity index (χ1) is 6.76. The lowest BCUT2D eigenvalue weighted by atomic mass is 10.2. The van der Waals surface area contributed by atoms with Gasteiger partial charge in [0.1, 0.15) is 0 Å². The Balaban J connectivity index is 1.93. The largest absolute Gasteiger partial charge is 0.341 e. The molecule has 1 saturated heterocycles. The van der Waals surface area contributed by atoms with Crippen molar-refractivity contribution >= 4 is 5.91 Å². The standard InChI is InChI=1S/C11H20N2O/c1-2-4-10(14)13-8-3-7-12-11(9-13)5-6-11/h12H,2-9H2,1H3. The van der Waals surface area contributed by atoms with Crippen LogP contribution in [0.4, 0.5) is 0 Å². The van der Waals surface area contributed by atoms with Gasteiger partial charge in [0.25, 0.3) is 0 Å². The van der Waals surface area contributed by atoms with Crippen molar-refractivity contribution in [3.05, 3.63) is 0 Å². The molecule has 2 aliphatic rings. The van der Waals surface area contributed by atoms with Crippen LogP contribution in [0.25, 0.3) is 0 Å². The zero-order chi connectivity index (χ0) is 10.0. The van der Waals surface area contributed by atoms with Gasteiger partial charge in [0.15, 0.2) is 0 Å². The Kier molecular flexibility index (Phi) is 2.77. The summed E-state index contributed by atoms with van der Waals surface area (Å²) in [4.78, 5) is 13.8. The van der Waals surface area contributed by atoms with Crippen molar-refractivity contribution in [1.82, 2.24) is 10.2 Å². The van der Waals surface area contributed by atoms with E-state index in [0.717, 1.165) is 38.9 Å². The van der Waals surface area contributed by atoms with E-state index >= 15 is 0 Å². The Morgan fingerprint density at radius 3 is 2.93 bits per heavy atom. The van der Waals surface area contributed by atoms with Crippen molar-refractivity contribution in [3.63, 3.8) is 0 Å². The number of nitrogens with zero attached hydrogens (tertiary/aromatic N) is 1. The third-order valence-corrected chi connectivity index (χ3v) is 3.27. The summed E-state index contributed by atoms with van der Waals surface area (Å²) in [6.07, 6.45) is 5.30. The number of rotatable bonds is 2. The van der Waals surface area contributed by atoms with Gasteiger partial charge in [0.2, 0.25) is 5.91 Å². The van der Waals surface area contributed by atoms with Crippen molar-refractivity contribution in [2.75, 3.05) is 19.6 Å². The SMILES string of the molecule is CCCC(=O)N1CCCNC2(CC2)C1. The van der Waals surface area contributed by atoms with Crippen LogP contribution in [-0.2, 0) is 4.79 Å². The molecule has 0 aromatic heterocycles. The summed E-state index contributed by atoms with van der Waals surface area (Å²) in [6.45, 7) is 5.05. The maximum absolute atomic E-state index is 11.8. The summed E-state index contributed by atoms with van der Waals surface area (Å²) >= 11 is 0. The summed E-state index contributed by atoms with van der Waals surface area (Å²) in [5.41, 5.74) is 0.319. The summed E-state index contributed by atoms with van der Waals surface area (Å²) < 4.78 is 0. The Bertz CT molecular complexity index is 223. The van der Waals surface area contributed by atoms with Crippen molar-refractivity contribution < 1.29 is 4.79 Å². The van der Waals surface area contributed by atoms with Gasteiger partial charge in [-0.15, -0.1) is 0 Å². The van der Waals surface area contributed by atoms with E-state index in [-0.39, 0.29) is 0 Å². The van der Waals surface area contributed by atoms with Gasteiger partial charge >= 0.3 is 0 Å². The highest BCUT2D eigenvalue weighted by molar-refractivity contribution is 5.76. The Morgan fingerprint density at radius 1 is 1.50 bits per heavy atom. The van der Waals surface area contributed by atoms with Crippen LogP contribution in [0.2, 0.25) is 0 Å². The van der Waals surface area contributed by atoms with Gasteiger partial charge in [-0.2, -0.15) is 0 Å². The van der Waals surface area contributed by atoms with Gasteiger partial charge in [-0.3, -0.25) is 4.79 Å². The predicted molar refractivity (Wildman–Crippen MR) is 56.1 cm³/mol. The Hall–Kier alpha value is -0.570. The van der Waals surface area contributed by atoms with Crippen molar-refractivity contribution in [3.8, 4) is 0 Å². The third kappa shape index (κ3) is 2.08. The third-order valence-electron chi connectivity index (χ3n) is 3.27. The lowest BCUT2D eigenvalue weighted by Crippen LogP contribution is -2.42. The first-order valence-corrected chi connectivity index (χ1v) is 5.79. The summed E-state index contributed by atoms with van der Waals surface area (Å²) in [5, 5.41) is 3.57. The van der Waals surface area contributed by atoms with E-state index in [2.05, 4.69) is 17.1 Å². The molecule has 3 heteroatoms. The van der Waals surface area contributed by atoms with Crippen LogP contribution in [0.3, 0.4) is 0 Å². The van der Waals surface area contributed by atoms with Crippen LogP contribution in [0.1, 0.15) is 39.0 Å². The minimum Gasteiger partial charge on any atom is -0.341 e. The summed E-state index contributed by atoms with van der Waals surface area (Å²) in [5.74, 6) is 0.350. The zero-order valence-corrected chi connectivity index (χ0v) is 9.01. The number of carbonyl (C=O) groups excluding carboxylic acids is 1. The van der Waals surface area contributed by atoms with Gasteiger partial charge in [-0.1, -0.05) is 6.92 Å². The van der Waals surface area contributed by atoms with Gasteiger partial charge in [0, 0.05) is 25.0 Å². The van der Waals surface area contributed by atoms with E-state index in [1.165, 1.54) is 12.8 Å². The highest BCUT2D eigenvalue weighted by Gasteiger charge is 2.45. The molecule has 1 heterocycles. The van der Waals surface area contributed by atoms with Crippen LogP contribution in [0, 0.1) is 0 Å². The second-order valence-electron chi connectivity index (χ2n) is 4.63. The maximum atomic E-state index is 11.8. The molecule has 3 nitrogen and oxygen atoms in total. The molecule has 1 aliphatic heterocycles. The van der Waals surface area contributed by atoms with Gasteiger partial charge in [-0.05, 0) is 32.2 Å². The van der Waals surface area contributed by atoms with Gasteiger partial charge < -0.3 is 10.2 Å². The van der Waals surface area contributed by atoms with Crippen LogP contribution < -0.4 is 5.32 Å². The molecule has 2 rings (SSSR count). The molecule has 2 fully saturated rings. The van der Waals surface area contributed by atoms with Gasteiger partial charge in [0.05, 0.1) is 0 Å². The topological polar surface area (TPSA) is 32.3 Å². The average molecular weight is 196 g/mol. The molecule has 0 aromatic carbocycles. The van der Waals surface area contributed by atoms with Crippen LogP contribution in [0.5, 0.6) is 0 Å². The summed E-state index contributed by atoms with van der Waals surface area (Å²) in [6, 6.07) is 0. The molecule has 80 valence electrons. The minimum absolute atomic E-state index is 0.319. The summed E-state index contributed by atoms with van der Waals surface area (Å²) in [7, 11) is 0. The zero-order valence-electron chi connectivity index (χ0n) is 9.01. The fourth-order valence-corrected chi connectivity index (χ4v) is 2.19. The van der Waals surface area contributed by atoms with Gasteiger partial charge in [-0.25, -0.2) is 0 Å². The molecule has 14 heavy (non-hydrogen) atoms. The number of carbonyl (C=O) groups is 1. The van der Waals surface area contributed by atoms with E-state index in [0.29, 0.717) is 11.4 Å². The molecule has 1 saturated carbocycles. The van der Waals surface area contributed by atoms with E-state index in [9.17, 15) is 4.79 Å². The smallest absolute Gasteiger partial charge is 0.222 e. The normalized spacial score (nSPS) is 24.8. The molecule has 0 unspecified atom stereocenters. The van der Waals surface area contributed by atoms with Crippen LogP contribution in [-0.4, -0.2) is 36.0 Å². The van der Waals surface area contributed by atoms with Crippen molar-refractivity contribution in [2.24, 2.45) is 0 Å². The minimum atomic E-state index is 0.319. The molecule has 0 atom stereocenters. The quantitative estimate of drug-likeness (QED) is 0.718. The maximum Gasteiger partial charge on any atom is 0.222 e. The highest BCUT2D eigenvalue weighted by Crippen LogP contribution is 2.37. The molecular weight excluding hydrogens is 176 g/mol. The highest BCUT2D eigenvalue weighted by atomic mass is 16.2. The molecular formula is C11H20N2O. The van der Waals surface area contributed by atoms with E-state index in [1.54, 1.807) is 0 Å². The average Bonchev–Trinajstić information content (AvgIpc) is 2.95. The molecule has 0 radical (unpaired) electrons. The van der Waals surface area contributed by atoms with E-state index < -0.39 is 0 Å². The Morgan fingerprint density at radius 2 is 2.29 bits per heavy atom. The van der Waals surface area contributed by atoms with Crippen LogP contribution >= 0.6 is 0 Å². The molecule has 0 aromatic rings. The van der Waals surface area contributed by atoms with E-state index in [4.69, 9.17) is 0 Å². The van der Waals surface area contributed by atoms with Crippen molar-refractivity contribution in [2.45, 2.75) is 44.6 Å². The lowest BCUT2D eigenvalue weighted by molar-refractivity contribution is -0.131. The number of hydrogen-bond acceptors (Lipinski definition) is 2. The molecule has 1 N–H and O–H groups in total. The Labute approximate surface area is 85.8 Å². The first-order valence-electron chi connectivity index (χ1n) is 5.79. The molecule has 1 spiro atoms. The number of hydrogen-bond donors (Lipinski definition) is 1. The fourth-order valence-electron chi connectivity index (χ4n) is 2.19. The second kappa shape index (κ2) is 3.89. The predicted octanol–water partition coefficient (Wildman–Crippen LogP) is 1.14. The number of amides is 1. The van der Waals surface area contributed by atoms with E-state index in [1.807, 2.05) is 0 Å². The molecule has 1 aliphatic carbocycles. The van der Waals surface area contributed by atoms with Crippen LogP contribution in [0.15, 0.2) is 0 Å².